The SMILES string of the molecule is CCC1NC(=O)C(C)N(c2ccc3ncsc3c2)C1=O. The maximum atomic E-state index is 12.5. The quantitative estimate of drug-likeness (QED) is 0.919. The second kappa shape index (κ2) is 4.86. The van der Waals surface area contributed by atoms with Gasteiger partial charge in [-0.25, -0.2) is 4.98 Å². The van der Waals surface area contributed by atoms with E-state index in [4.69, 9.17) is 0 Å². The monoisotopic (exact) mass is 289 g/mol. The lowest BCUT2D eigenvalue weighted by molar-refractivity contribution is -0.133. The Morgan fingerprint density at radius 1 is 1.40 bits per heavy atom. The molecule has 3 rings (SSSR count). The van der Waals surface area contributed by atoms with E-state index in [0.29, 0.717) is 6.42 Å². The van der Waals surface area contributed by atoms with E-state index in [1.54, 1.807) is 17.3 Å². The van der Waals surface area contributed by atoms with Gasteiger partial charge in [0.2, 0.25) is 11.8 Å². The summed E-state index contributed by atoms with van der Waals surface area (Å²) < 4.78 is 1.02. The minimum absolute atomic E-state index is 0.0523. The van der Waals surface area contributed by atoms with Gasteiger partial charge in [-0.05, 0) is 31.5 Å². The van der Waals surface area contributed by atoms with E-state index in [-0.39, 0.29) is 11.8 Å². The van der Waals surface area contributed by atoms with Crippen LogP contribution >= 0.6 is 11.3 Å². The van der Waals surface area contributed by atoms with E-state index in [1.807, 2.05) is 25.1 Å². The molecule has 0 aliphatic carbocycles. The number of piperazine rings is 1. The summed E-state index contributed by atoms with van der Waals surface area (Å²) in [6, 6.07) is 4.73. The number of carbonyl (C=O) groups is 2. The van der Waals surface area contributed by atoms with Crippen molar-refractivity contribution in [2.45, 2.75) is 32.4 Å². The fourth-order valence-corrected chi connectivity index (χ4v) is 3.16. The van der Waals surface area contributed by atoms with Gasteiger partial charge in [0.15, 0.2) is 0 Å². The first-order valence-corrected chi connectivity index (χ1v) is 7.46. The highest BCUT2D eigenvalue weighted by Crippen LogP contribution is 2.27. The van der Waals surface area contributed by atoms with Gasteiger partial charge in [0.1, 0.15) is 12.1 Å². The van der Waals surface area contributed by atoms with Crippen LogP contribution in [0.4, 0.5) is 5.69 Å². The van der Waals surface area contributed by atoms with Gasteiger partial charge in [-0.2, -0.15) is 0 Å². The third-order valence-corrected chi connectivity index (χ3v) is 4.41. The summed E-state index contributed by atoms with van der Waals surface area (Å²) in [5.74, 6) is -0.163. The number of anilines is 1. The molecule has 5 nitrogen and oxygen atoms in total. The summed E-state index contributed by atoms with van der Waals surface area (Å²) in [5, 5.41) is 2.76. The fraction of sp³-hybridized carbons (Fsp3) is 0.357. The van der Waals surface area contributed by atoms with Crippen LogP contribution in [0.25, 0.3) is 10.2 Å². The molecule has 1 aliphatic heterocycles. The highest BCUT2D eigenvalue weighted by atomic mass is 32.1. The van der Waals surface area contributed by atoms with Gasteiger partial charge >= 0.3 is 0 Å². The number of hydrogen-bond acceptors (Lipinski definition) is 4. The minimum Gasteiger partial charge on any atom is -0.343 e. The van der Waals surface area contributed by atoms with Crippen molar-refractivity contribution in [1.82, 2.24) is 10.3 Å². The Kier molecular flexibility index (Phi) is 3.17. The molecule has 2 amide bonds. The molecule has 1 aromatic heterocycles. The van der Waals surface area contributed by atoms with Crippen molar-refractivity contribution >= 4 is 39.1 Å². The lowest BCUT2D eigenvalue weighted by Gasteiger charge is -2.37. The minimum atomic E-state index is -0.490. The zero-order valence-corrected chi connectivity index (χ0v) is 12.1. The summed E-state index contributed by atoms with van der Waals surface area (Å²) in [5.41, 5.74) is 3.44. The van der Waals surface area contributed by atoms with Crippen LogP contribution in [0.2, 0.25) is 0 Å². The molecular formula is C14H15N3O2S. The third-order valence-electron chi connectivity index (χ3n) is 3.62. The summed E-state index contributed by atoms with van der Waals surface area (Å²) in [6.45, 7) is 3.64. The second-order valence-corrected chi connectivity index (χ2v) is 5.74. The van der Waals surface area contributed by atoms with Crippen LogP contribution in [-0.2, 0) is 9.59 Å². The summed E-state index contributed by atoms with van der Waals surface area (Å²) >= 11 is 1.53. The Labute approximate surface area is 120 Å². The normalized spacial score (nSPS) is 23.2. The van der Waals surface area contributed by atoms with Crippen LogP contribution in [0.1, 0.15) is 20.3 Å². The van der Waals surface area contributed by atoms with Crippen molar-refractivity contribution in [2.75, 3.05) is 4.90 Å². The molecule has 0 saturated carbocycles. The van der Waals surface area contributed by atoms with Gasteiger partial charge < -0.3 is 5.32 Å². The summed E-state index contributed by atoms with van der Waals surface area (Å²) in [6.07, 6.45) is 0.594. The van der Waals surface area contributed by atoms with Crippen molar-refractivity contribution in [1.29, 1.82) is 0 Å². The summed E-state index contributed by atoms with van der Waals surface area (Å²) in [7, 11) is 0. The Hall–Kier alpha value is -1.95. The molecule has 2 unspecified atom stereocenters. The highest BCUT2D eigenvalue weighted by Gasteiger charge is 2.38. The Balaban J connectivity index is 2.04. The first-order chi connectivity index (χ1) is 9.61. The molecule has 2 atom stereocenters. The zero-order valence-electron chi connectivity index (χ0n) is 11.3. The Morgan fingerprint density at radius 3 is 2.95 bits per heavy atom. The number of aromatic nitrogens is 1. The number of amides is 2. The lowest BCUT2D eigenvalue weighted by Crippen LogP contribution is -2.62. The first-order valence-electron chi connectivity index (χ1n) is 6.58. The van der Waals surface area contributed by atoms with Crippen LogP contribution in [0.3, 0.4) is 0 Å². The maximum Gasteiger partial charge on any atom is 0.250 e. The largest absolute Gasteiger partial charge is 0.343 e. The molecule has 104 valence electrons. The molecule has 1 aromatic carbocycles. The van der Waals surface area contributed by atoms with Crippen molar-refractivity contribution in [3.8, 4) is 0 Å². The van der Waals surface area contributed by atoms with Gasteiger partial charge in [-0.1, -0.05) is 6.92 Å². The average molecular weight is 289 g/mol. The number of carbonyl (C=O) groups excluding carboxylic acids is 2. The van der Waals surface area contributed by atoms with Gasteiger partial charge in [0, 0.05) is 5.69 Å². The molecule has 2 aromatic rings. The molecule has 6 heteroatoms. The third kappa shape index (κ3) is 1.96. The van der Waals surface area contributed by atoms with Gasteiger partial charge in [0.05, 0.1) is 15.7 Å². The number of hydrogen-bond donors (Lipinski definition) is 1. The highest BCUT2D eigenvalue weighted by molar-refractivity contribution is 7.16. The number of nitrogens with one attached hydrogen (secondary N) is 1. The Bertz CT molecular complexity index is 682. The molecule has 1 saturated heterocycles. The molecule has 1 fully saturated rings. The van der Waals surface area contributed by atoms with Crippen molar-refractivity contribution < 1.29 is 9.59 Å². The van der Waals surface area contributed by atoms with Crippen LogP contribution in [0.5, 0.6) is 0 Å². The predicted molar refractivity (Wildman–Crippen MR) is 78.8 cm³/mol. The zero-order chi connectivity index (χ0) is 14.3. The molecular weight excluding hydrogens is 274 g/mol. The Morgan fingerprint density at radius 2 is 2.20 bits per heavy atom. The molecule has 20 heavy (non-hydrogen) atoms. The second-order valence-electron chi connectivity index (χ2n) is 4.86. The van der Waals surface area contributed by atoms with Crippen molar-refractivity contribution in [3.63, 3.8) is 0 Å². The van der Waals surface area contributed by atoms with E-state index in [0.717, 1.165) is 15.9 Å². The van der Waals surface area contributed by atoms with E-state index in [1.165, 1.54) is 11.3 Å². The number of rotatable bonds is 2. The van der Waals surface area contributed by atoms with Crippen LogP contribution < -0.4 is 10.2 Å². The molecule has 0 spiro atoms. The molecule has 2 heterocycles. The summed E-state index contributed by atoms with van der Waals surface area (Å²) in [4.78, 5) is 30.3. The predicted octanol–water partition coefficient (Wildman–Crippen LogP) is 1.93. The van der Waals surface area contributed by atoms with E-state index in [2.05, 4.69) is 10.3 Å². The molecule has 1 aliphatic rings. The van der Waals surface area contributed by atoms with Crippen LogP contribution in [0, 0.1) is 0 Å². The average Bonchev–Trinajstić information content (AvgIpc) is 2.90. The molecule has 0 bridgehead atoms. The molecule has 1 N–H and O–H groups in total. The first kappa shape index (κ1) is 13.1. The van der Waals surface area contributed by atoms with Crippen molar-refractivity contribution in [3.05, 3.63) is 23.7 Å². The number of fused-ring (bicyclic) bond motifs is 1. The standard InChI is InChI=1S/C14H15N3O2S/c1-3-10-14(19)17(8(2)13(18)16-10)9-4-5-11-12(6-9)20-7-15-11/h4-8,10H,3H2,1-2H3,(H,16,18). The van der Waals surface area contributed by atoms with Gasteiger partial charge in [0.25, 0.3) is 0 Å². The molecule has 0 radical (unpaired) electrons. The van der Waals surface area contributed by atoms with Crippen molar-refractivity contribution in [2.24, 2.45) is 0 Å². The van der Waals surface area contributed by atoms with E-state index < -0.39 is 12.1 Å². The van der Waals surface area contributed by atoms with Gasteiger partial charge in [-0.15, -0.1) is 11.3 Å². The van der Waals surface area contributed by atoms with Gasteiger partial charge in [-0.3, -0.25) is 14.5 Å². The van der Waals surface area contributed by atoms with Crippen LogP contribution in [-0.4, -0.2) is 28.9 Å². The number of thiazole rings is 1. The number of nitrogens with zero attached hydrogens (tertiary/aromatic N) is 2. The lowest BCUT2D eigenvalue weighted by atomic mass is 10.1. The number of benzene rings is 1. The topological polar surface area (TPSA) is 62.3 Å². The van der Waals surface area contributed by atoms with Crippen LogP contribution in [0.15, 0.2) is 23.7 Å². The fourth-order valence-electron chi connectivity index (χ4n) is 2.45. The smallest absolute Gasteiger partial charge is 0.250 e. The van der Waals surface area contributed by atoms with E-state index >= 15 is 0 Å². The maximum absolute atomic E-state index is 12.5. The van der Waals surface area contributed by atoms with E-state index in [9.17, 15) is 9.59 Å².